The molecule has 2 nitrogen and oxygen atoms in total. The maximum absolute atomic E-state index is 13.1. The van der Waals surface area contributed by atoms with Crippen LogP contribution in [0.2, 0.25) is 0 Å². The summed E-state index contributed by atoms with van der Waals surface area (Å²) in [5.74, 6) is 0.413. The lowest BCUT2D eigenvalue weighted by molar-refractivity contribution is 0.163. The molecule has 1 aromatic rings. The van der Waals surface area contributed by atoms with Gasteiger partial charge >= 0.3 is 0 Å². The zero-order valence-electron chi connectivity index (χ0n) is 12.3. The van der Waals surface area contributed by atoms with Gasteiger partial charge in [0.05, 0.1) is 6.10 Å². The van der Waals surface area contributed by atoms with Crippen molar-refractivity contribution in [2.45, 2.75) is 57.6 Å². The molecule has 0 saturated heterocycles. The molecular weight excluding hydrogens is 253 g/mol. The highest BCUT2D eigenvalue weighted by molar-refractivity contribution is 5.18. The smallest absolute Gasteiger partial charge is 0.123 e. The molecule has 2 N–H and O–H groups in total. The van der Waals surface area contributed by atoms with E-state index in [0.717, 1.165) is 0 Å². The van der Waals surface area contributed by atoms with Crippen LogP contribution in [0.15, 0.2) is 24.3 Å². The molecule has 3 heteroatoms. The van der Waals surface area contributed by atoms with Crippen molar-refractivity contribution in [3.63, 3.8) is 0 Å². The fraction of sp³-hybridized carbons (Fsp3) is 0.647. The molecule has 1 saturated carbocycles. The number of aliphatic hydroxyl groups excluding tert-OH is 1. The molecule has 1 unspecified atom stereocenters. The van der Waals surface area contributed by atoms with Gasteiger partial charge in [-0.25, -0.2) is 4.39 Å². The monoisotopic (exact) mass is 279 g/mol. The van der Waals surface area contributed by atoms with E-state index < -0.39 is 6.10 Å². The van der Waals surface area contributed by atoms with Crippen LogP contribution in [-0.2, 0) is 0 Å². The summed E-state index contributed by atoms with van der Waals surface area (Å²) in [6, 6.07) is 6.63. The lowest BCUT2D eigenvalue weighted by Crippen LogP contribution is -2.36. The Bertz CT molecular complexity index is 402. The molecule has 0 heterocycles. The Morgan fingerprint density at radius 3 is 2.60 bits per heavy atom. The van der Waals surface area contributed by atoms with E-state index in [4.69, 9.17) is 0 Å². The zero-order chi connectivity index (χ0) is 14.4. The highest BCUT2D eigenvalue weighted by atomic mass is 19.1. The average Bonchev–Trinajstić information content (AvgIpc) is 2.73. The molecule has 1 aliphatic rings. The summed E-state index contributed by atoms with van der Waals surface area (Å²) in [7, 11) is 0. The molecule has 112 valence electrons. The lowest BCUT2D eigenvalue weighted by atomic mass is 9.93. The number of hydrogen-bond donors (Lipinski definition) is 2. The molecule has 20 heavy (non-hydrogen) atoms. The van der Waals surface area contributed by atoms with E-state index >= 15 is 0 Å². The second-order valence-electron chi connectivity index (χ2n) is 6.02. The van der Waals surface area contributed by atoms with Crippen molar-refractivity contribution in [2.75, 3.05) is 6.54 Å². The van der Waals surface area contributed by atoms with Gasteiger partial charge < -0.3 is 10.4 Å². The van der Waals surface area contributed by atoms with Gasteiger partial charge in [-0.15, -0.1) is 0 Å². The first-order chi connectivity index (χ1) is 9.66. The van der Waals surface area contributed by atoms with Crippen LogP contribution in [0.1, 0.15) is 57.1 Å². The van der Waals surface area contributed by atoms with Gasteiger partial charge in [0.15, 0.2) is 0 Å². The van der Waals surface area contributed by atoms with E-state index in [9.17, 15) is 9.50 Å². The topological polar surface area (TPSA) is 32.3 Å². The molecule has 0 radical (unpaired) electrons. The first-order valence-electron chi connectivity index (χ1n) is 7.83. The summed E-state index contributed by atoms with van der Waals surface area (Å²) in [6.45, 7) is 2.69. The Labute approximate surface area is 121 Å². The third kappa shape index (κ3) is 4.57. The van der Waals surface area contributed by atoms with E-state index in [-0.39, 0.29) is 5.82 Å². The Balaban J connectivity index is 1.81. The molecule has 1 fully saturated rings. The van der Waals surface area contributed by atoms with Crippen LogP contribution in [0, 0.1) is 11.7 Å². The van der Waals surface area contributed by atoms with Crippen molar-refractivity contribution in [3.05, 3.63) is 35.6 Å². The molecule has 0 aromatic heterocycles. The van der Waals surface area contributed by atoms with Gasteiger partial charge in [0.25, 0.3) is 0 Å². The summed E-state index contributed by atoms with van der Waals surface area (Å²) < 4.78 is 13.1. The standard InChI is InChI=1S/C17H26FNO/c1-13(14-7-4-2-3-5-8-14)19-12-17(20)15-9-6-10-16(18)11-15/h6,9-11,13-14,17,19-20H,2-5,7-8,12H2,1H3/t13-,17?/m1/s1. The van der Waals surface area contributed by atoms with Crippen LogP contribution in [0.3, 0.4) is 0 Å². The molecule has 0 amide bonds. The number of halogens is 1. The van der Waals surface area contributed by atoms with Gasteiger partial charge in [0.1, 0.15) is 5.82 Å². The SMILES string of the molecule is C[C@@H](NCC(O)c1cccc(F)c1)C1CCCCCC1. The minimum Gasteiger partial charge on any atom is -0.387 e. The van der Waals surface area contributed by atoms with Gasteiger partial charge in [-0.05, 0) is 43.4 Å². The Hall–Kier alpha value is -0.930. The Kier molecular flexibility index (Phi) is 5.99. The Morgan fingerprint density at radius 2 is 1.95 bits per heavy atom. The van der Waals surface area contributed by atoms with Crippen LogP contribution in [-0.4, -0.2) is 17.7 Å². The highest BCUT2D eigenvalue weighted by Gasteiger charge is 2.19. The van der Waals surface area contributed by atoms with E-state index in [1.165, 1.54) is 50.7 Å². The van der Waals surface area contributed by atoms with Crippen molar-refractivity contribution in [1.82, 2.24) is 5.32 Å². The molecule has 1 aromatic carbocycles. The van der Waals surface area contributed by atoms with Crippen LogP contribution in [0.5, 0.6) is 0 Å². The summed E-state index contributed by atoms with van der Waals surface area (Å²) in [6.07, 6.45) is 7.28. The first-order valence-corrected chi connectivity index (χ1v) is 7.83. The van der Waals surface area contributed by atoms with E-state index in [0.29, 0.717) is 24.1 Å². The van der Waals surface area contributed by atoms with Gasteiger partial charge in [-0.2, -0.15) is 0 Å². The number of nitrogens with one attached hydrogen (secondary N) is 1. The minimum absolute atomic E-state index is 0.293. The number of hydrogen-bond acceptors (Lipinski definition) is 2. The van der Waals surface area contributed by atoms with Crippen molar-refractivity contribution in [3.8, 4) is 0 Å². The van der Waals surface area contributed by atoms with Gasteiger partial charge in [-0.3, -0.25) is 0 Å². The van der Waals surface area contributed by atoms with Crippen LogP contribution >= 0.6 is 0 Å². The summed E-state index contributed by atoms with van der Waals surface area (Å²) >= 11 is 0. The molecular formula is C17H26FNO. The number of aliphatic hydroxyl groups is 1. The lowest BCUT2D eigenvalue weighted by Gasteiger charge is -2.25. The molecule has 0 aliphatic heterocycles. The molecule has 0 bridgehead atoms. The quantitative estimate of drug-likeness (QED) is 0.803. The van der Waals surface area contributed by atoms with Crippen molar-refractivity contribution >= 4 is 0 Å². The van der Waals surface area contributed by atoms with Crippen molar-refractivity contribution in [1.29, 1.82) is 0 Å². The van der Waals surface area contributed by atoms with Gasteiger partial charge in [0.2, 0.25) is 0 Å². The predicted octanol–water partition coefficient (Wildman–Crippen LogP) is 3.81. The van der Waals surface area contributed by atoms with E-state index in [1.54, 1.807) is 12.1 Å². The zero-order valence-corrected chi connectivity index (χ0v) is 12.3. The molecule has 2 atom stereocenters. The second-order valence-corrected chi connectivity index (χ2v) is 6.02. The van der Waals surface area contributed by atoms with E-state index in [2.05, 4.69) is 12.2 Å². The normalized spacial score (nSPS) is 20.4. The average molecular weight is 279 g/mol. The fourth-order valence-electron chi connectivity index (χ4n) is 3.11. The molecule has 1 aliphatic carbocycles. The fourth-order valence-corrected chi connectivity index (χ4v) is 3.11. The van der Waals surface area contributed by atoms with Crippen molar-refractivity contribution in [2.24, 2.45) is 5.92 Å². The second kappa shape index (κ2) is 7.75. The largest absolute Gasteiger partial charge is 0.387 e. The van der Waals surface area contributed by atoms with Crippen molar-refractivity contribution < 1.29 is 9.50 Å². The van der Waals surface area contributed by atoms with Crippen LogP contribution < -0.4 is 5.32 Å². The minimum atomic E-state index is -0.640. The predicted molar refractivity (Wildman–Crippen MR) is 80.0 cm³/mol. The van der Waals surface area contributed by atoms with E-state index in [1.807, 2.05) is 0 Å². The summed E-state index contributed by atoms with van der Waals surface area (Å²) in [4.78, 5) is 0. The summed E-state index contributed by atoms with van der Waals surface area (Å²) in [5, 5.41) is 13.5. The maximum Gasteiger partial charge on any atom is 0.123 e. The van der Waals surface area contributed by atoms with Gasteiger partial charge in [-0.1, -0.05) is 37.8 Å². The Morgan fingerprint density at radius 1 is 1.25 bits per heavy atom. The van der Waals surface area contributed by atoms with Crippen LogP contribution in [0.25, 0.3) is 0 Å². The third-order valence-corrected chi connectivity index (χ3v) is 4.47. The maximum atomic E-state index is 13.1. The molecule has 0 spiro atoms. The third-order valence-electron chi connectivity index (χ3n) is 4.47. The highest BCUT2D eigenvalue weighted by Crippen LogP contribution is 2.25. The first kappa shape index (κ1) is 15.5. The number of rotatable bonds is 5. The molecule has 2 rings (SSSR count). The van der Waals surface area contributed by atoms with Gasteiger partial charge in [0, 0.05) is 12.6 Å². The summed E-state index contributed by atoms with van der Waals surface area (Å²) in [5.41, 5.74) is 0.644. The van der Waals surface area contributed by atoms with Crippen LogP contribution in [0.4, 0.5) is 4.39 Å². The number of benzene rings is 1.